The highest BCUT2D eigenvalue weighted by molar-refractivity contribution is 7.99. The van der Waals surface area contributed by atoms with Crippen molar-refractivity contribution in [2.75, 3.05) is 25.7 Å². The van der Waals surface area contributed by atoms with E-state index >= 15 is 0 Å². The summed E-state index contributed by atoms with van der Waals surface area (Å²) in [6.45, 7) is 0. The number of carbonyl (C=O) groups excluding carboxylic acids is 2. The smallest absolute Gasteiger partial charge is 0.337 e. The minimum absolute atomic E-state index is 0.0415. The molecule has 0 bridgehead atoms. The van der Waals surface area contributed by atoms with Gasteiger partial charge in [-0.2, -0.15) is 10.5 Å². The van der Waals surface area contributed by atoms with Gasteiger partial charge in [-0.1, -0.05) is 23.9 Å². The van der Waals surface area contributed by atoms with E-state index in [9.17, 15) is 20.1 Å². The Labute approximate surface area is 159 Å². The summed E-state index contributed by atoms with van der Waals surface area (Å²) in [5.74, 6) is -1.12. The van der Waals surface area contributed by atoms with Crippen molar-refractivity contribution in [3.8, 4) is 23.3 Å². The number of nitriles is 2. The Hall–Kier alpha value is -3.56. The van der Waals surface area contributed by atoms with Crippen LogP contribution in [0, 0.1) is 22.7 Å². The van der Waals surface area contributed by atoms with Crippen LogP contribution in [0.1, 0.15) is 21.5 Å². The van der Waals surface area contributed by atoms with Crippen molar-refractivity contribution in [1.29, 1.82) is 10.5 Å². The molecular weight excluding hydrogens is 368 g/mol. The second kappa shape index (κ2) is 8.70. The van der Waals surface area contributed by atoms with Crippen molar-refractivity contribution < 1.29 is 19.1 Å². The van der Waals surface area contributed by atoms with E-state index in [2.05, 4.69) is 14.5 Å². The third-order valence-corrected chi connectivity index (χ3v) is 4.51. The molecule has 9 heteroatoms. The van der Waals surface area contributed by atoms with Gasteiger partial charge in [0.1, 0.15) is 28.5 Å². The standard InChI is InChI=1S/C18H14N4O4S/c1-25-14(23)9-27-17-13(8-20)15(12(7-19)16(21)22-17)10-3-5-11(6-4-10)18(24)26-2/h3-6H,9H2,1-2H3,(H2,21,22). The van der Waals surface area contributed by atoms with Gasteiger partial charge in [-0.05, 0) is 17.7 Å². The molecule has 0 spiro atoms. The van der Waals surface area contributed by atoms with Crippen LogP contribution in [0.5, 0.6) is 0 Å². The number of nitrogens with two attached hydrogens (primary N) is 1. The average molecular weight is 382 g/mol. The third kappa shape index (κ3) is 4.17. The van der Waals surface area contributed by atoms with Crippen molar-refractivity contribution in [1.82, 2.24) is 4.98 Å². The monoisotopic (exact) mass is 382 g/mol. The Morgan fingerprint density at radius 3 is 2.26 bits per heavy atom. The zero-order valence-electron chi connectivity index (χ0n) is 14.5. The zero-order chi connectivity index (χ0) is 20.0. The number of hydrogen-bond donors (Lipinski definition) is 1. The quantitative estimate of drug-likeness (QED) is 0.608. The highest BCUT2D eigenvalue weighted by Gasteiger charge is 2.21. The van der Waals surface area contributed by atoms with Gasteiger partial charge >= 0.3 is 11.9 Å². The van der Waals surface area contributed by atoms with Gasteiger partial charge in [0.2, 0.25) is 0 Å². The molecule has 1 aromatic carbocycles. The average Bonchev–Trinajstić information content (AvgIpc) is 2.70. The van der Waals surface area contributed by atoms with Crippen LogP contribution in [0.3, 0.4) is 0 Å². The van der Waals surface area contributed by atoms with Gasteiger partial charge in [-0.25, -0.2) is 9.78 Å². The summed E-state index contributed by atoms with van der Waals surface area (Å²) in [4.78, 5) is 27.1. The molecule has 8 nitrogen and oxygen atoms in total. The molecule has 0 aliphatic carbocycles. The van der Waals surface area contributed by atoms with Crippen LogP contribution in [0.4, 0.5) is 5.82 Å². The molecule has 0 fully saturated rings. The minimum Gasteiger partial charge on any atom is -0.468 e. The Balaban J connectivity index is 2.61. The first-order valence-electron chi connectivity index (χ1n) is 7.48. The maximum absolute atomic E-state index is 11.6. The van der Waals surface area contributed by atoms with Gasteiger partial charge in [0, 0.05) is 5.56 Å². The molecule has 0 unspecified atom stereocenters. The van der Waals surface area contributed by atoms with Crippen LogP contribution in [-0.2, 0) is 14.3 Å². The third-order valence-electron chi connectivity index (χ3n) is 3.56. The second-order valence-electron chi connectivity index (χ2n) is 5.08. The van der Waals surface area contributed by atoms with Crippen molar-refractivity contribution in [3.05, 3.63) is 41.0 Å². The highest BCUT2D eigenvalue weighted by Crippen LogP contribution is 2.35. The van der Waals surface area contributed by atoms with Crippen molar-refractivity contribution >= 4 is 29.5 Å². The summed E-state index contributed by atoms with van der Waals surface area (Å²) in [7, 11) is 2.52. The molecule has 1 heterocycles. The predicted octanol–water partition coefficient (Wildman–Crippen LogP) is 2.13. The van der Waals surface area contributed by atoms with Gasteiger partial charge < -0.3 is 15.2 Å². The van der Waals surface area contributed by atoms with Gasteiger partial charge in [0.05, 0.1) is 31.1 Å². The van der Waals surface area contributed by atoms with E-state index in [0.717, 1.165) is 11.8 Å². The number of ether oxygens (including phenoxy) is 2. The van der Waals surface area contributed by atoms with E-state index in [1.165, 1.54) is 26.4 Å². The van der Waals surface area contributed by atoms with Gasteiger partial charge in [-0.15, -0.1) is 0 Å². The van der Waals surface area contributed by atoms with Gasteiger partial charge in [0.25, 0.3) is 0 Å². The fraction of sp³-hybridized carbons (Fsp3) is 0.167. The van der Waals surface area contributed by atoms with Crippen LogP contribution in [-0.4, -0.2) is 36.9 Å². The molecule has 0 amide bonds. The number of carbonyl (C=O) groups is 2. The first-order valence-corrected chi connectivity index (χ1v) is 8.47. The summed E-state index contributed by atoms with van der Waals surface area (Å²) in [5.41, 5.74) is 7.15. The molecule has 0 saturated carbocycles. The van der Waals surface area contributed by atoms with Crippen LogP contribution < -0.4 is 5.73 Å². The molecule has 136 valence electrons. The predicted molar refractivity (Wildman–Crippen MR) is 97.6 cm³/mol. The Morgan fingerprint density at radius 1 is 1.11 bits per heavy atom. The van der Waals surface area contributed by atoms with Crippen molar-refractivity contribution in [3.63, 3.8) is 0 Å². The number of methoxy groups -OCH3 is 2. The van der Waals surface area contributed by atoms with Crippen LogP contribution in [0.25, 0.3) is 11.1 Å². The second-order valence-corrected chi connectivity index (χ2v) is 6.05. The van der Waals surface area contributed by atoms with E-state index < -0.39 is 11.9 Å². The molecule has 27 heavy (non-hydrogen) atoms. The summed E-state index contributed by atoms with van der Waals surface area (Å²) in [5, 5.41) is 19.3. The lowest BCUT2D eigenvalue weighted by Crippen LogP contribution is -2.07. The zero-order valence-corrected chi connectivity index (χ0v) is 15.3. The Morgan fingerprint density at radius 2 is 1.74 bits per heavy atom. The Kier molecular flexibility index (Phi) is 6.36. The molecule has 2 N–H and O–H groups in total. The van der Waals surface area contributed by atoms with E-state index in [4.69, 9.17) is 5.73 Å². The van der Waals surface area contributed by atoms with Crippen LogP contribution in [0.2, 0.25) is 0 Å². The lowest BCUT2D eigenvalue weighted by atomic mass is 9.96. The molecule has 0 aliphatic heterocycles. The topological polar surface area (TPSA) is 139 Å². The number of nitrogens with zero attached hydrogens (tertiary/aromatic N) is 3. The number of esters is 2. The number of thioether (sulfide) groups is 1. The number of rotatable bonds is 5. The molecule has 2 aromatic rings. The summed E-state index contributed by atoms with van der Waals surface area (Å²) < 4.78 is 9.24. The number of aromatic nitrogens is 1. The Bertz CT molecular complexity index is 975. The van der Waals surface area contributed by atoms with Crippen molar-refractivity contribution in [2.24, 2.45) is 0 Å². The largest absolute Gasteiger partial charge is 0.468 e. The molecular formula is C18H14N4O4S. The fourth-order valence-corrected chi connectivity index (χ4v) is 3.10. The number of hydrogen-bond acceptors (Lipinski definition) is 9. The normalized spacial score (nSPS) is 9.78. The molecule has 1 aromatic heterocycles. The molecule has 2 rings (SSSR count). The number of benzene rings is 1. The summed E-state index contributed by atoms with van der Waals surface area (Å²) in [6, 6.07) is 10.2. The molecule has 0 radical (unpaired) electrons. The lowest BCUT2D eigenvalue weighted by Gasteiger charge is -2.13. The number of nitrogen functional groups attached to an aromatic ring is 1. The first-order chi connectivity index (χ1) is 13.0. The maximum atomic E-state index is 11.6. The summed E-state index contributed by atoms with van der Waals surface area (Å²) in [6.07, 6.45) is 0. The molecule has 0 atom stereocenters. The number of pyridine rings is 1. The van der Waals surface area contributed by atoms with E-state index in [1.807, 2.05) is 12.1 Å². The molecule has 0 aliphatic rings. The van der Waals surface area contributed by atoms with Gasteiger partial charge in [0.15, 0.2) is 0 Å². The van der Waals surface area contributed by atoms with E-state index in [1.54, 1.807) is 12.1 Å². The first kappa shape index (κ1) is 19.8. The number of anilines is 1. The summed E-state index contributed by atoms with van der Waals surface area (Å²) >= 11 is 0.986. The van der Waals surface area contributed by atoms with Crippen LogP contribution in [0.15, 0.2) is 29.3 Å². The fourth-order valence-electron chi connectivity index (χ4n) is 2.27. The minimum atomic E-state index is -0.508. The van der Waals surface area contributed by atoms with Crippen LogP contribution >= 0.6 is 11.8 Å². The van der Waals surface area contributed by atoms with Crippen molar-refractivity contribution in [2.45, 2.75) is 5.03 Å². The lowest BCUT2D eigenvalue weighted by molar-refractivity contribution is -0.137. The van der Waals surface area contributed by atoms with E-state index in [0.29, 0.717) is 11.1 Å². The highest BCUT2D eigenvalue weighted by atomic mass is 32.2. The maximum Gasteiger partial charge on any atom is 0.337 e. The molecule has 0 saturated heterocycles. The van der Waals surface area contributed by atoms with E-state index in [-0.39, 0.29) is 33.3 Å². The van der Waals surface area contributed by atoms with Gasteiger partial charge in [-0.3, -0.25) is 4.79 Å². The SMILES string of the molecule is COC(=O)CSc1nc(N)c(C#N)c(-c2ccc(C(=O)OC)cc2)c1C#N.